The summed E-state index contributed by atoms with van der Waals surface area (Å²) in [6.07, 6.45) is 1.43. The van der Waals surface area contributed by atoms with Crippen molar-refractivity contribution >= 4 is 0 Å². The highest BCUT2D eigenvalue weighted by molar-refractivity contribution is 5.01. The van der Waals surface area contributed by atoms with Crippen molar-refractivity contribution in [1.82, 2.24) is 15.2 Å². The van der Waals surface area contributed by atoms with E-state index in [1.165, 1.54) is 0 Å². The second-order valence-corrected chi connectivity index (χ2v) is 3.34. The van der Waals surface area contributed by atoms with Gasteiger partial charge in [0.1, 0.15) is 5.60 Å². The number of H-pyrrole nitrogens is 2. The van der Waals surface area contributed by atoms with E-state index in [1.54, 1.807) is 7.11 Å². The molecule has 1 fully saturated rings. The van der Waals surface area contributed by atoms with Crippen molar-refractivity contribution in [2.75, 3.05) is 20.3 Å². The van der Waals surface area contributed by atoms with Crippen molar-refractivity contribution in [3.63, 3.8) is 0 Å². The summed E-state index contributed by atoms with van der Waals surface area (Å²) in [6.45, 7) is 1.26. The van der Waals surface area contributed by atoms with Crippen molar-refractivity contribution in [1.29, 1.82) is 0 Å². The molecular formula is C8H13N3O3. The molecule has 0 radical (unpaired) electrons. The summed E-state index contributed by atoms with van der Waals surface area (Å²) in [5, 5.41) is 6.25. The summed E-state index contributed by atoms with van der Waals surface area (Å²) in [4.78, 5) is 13.6. The van der Waals surface area contributed by atoms with Crippen LogP contribution in [0.25, 0.3) is 0 Å². The van der Waals surface area contributed by atoms with Crippen LogP contribution in [0.2, 0.25) is 0 Å². The Morgan fingerprint density at radius 3 is 2.71 bits per heavy atom. The number of aromatic amines is 2. The van der Waals surface area contributed by atoms with Crippen LogP contribution >= 0.6 is 0 Å². The van der Waals surface area contributed by atoms with Crippen LogP contribution in [0.1, 0.15) is 18.7 Å². The molecule has 0 bridgehead atoms. The van der Waals surface area contributed by atoms with E-state index in [2.05, 4.69) is 15.2 Å². The molecule has 0 aromatic carbocycles. The highest BCUT2D eigenvalue weighted by atomic mass is 16.5. The van der Waals surface area contributed by atoms with Gasteiger partial charge in [-0.25, -0.2) is 9.89 Å². The summed E-state index contributed by atoms with van der Waals surface area (Å²) in [5.74, 6) is 0.563. The Bertz CT molecular complexity index is 351. The highest BCUT2D eigenvalue weighted by Crippen LogP contribution is 2.32. The van der Waals surface area contributed by atoms with E-state index in [-0.39, 0.29) is 5.69 Å². The van der Waals surface area contributed by atoms with Gasteiger partial charge in [0.2, 0.25) is 0 Å². The third-order valence-electron chi connectivity index (χ3n) is 2.62. The second kappa shape index (κ2) is 3.55. The molecule has 2 heterocycles. The van der Waals surface area contributed by atoms with Crippen molar-refractivity contribution in [3.8, 4) is 0 Å². The summed E-state index contributed by atoms with van der Waals surface area (Å²) < 4.78 is 10.7. The Balaban J connectivity index is 2.31. The molecule has 0 aliphatic carbocycles. The van der Waals surface area contributed by atoms with E-state index >= 15 is 0 Å². The lowest BCUT2D eigenvalue weighted by atomic mass is 9.93. The first kappa shape index (κ1) is 9.42. The molecule has 0 amide bonds. The maximum Gasteiger partial charge on any atom is 0.340 e. The van der Waals surface area contributed by atoms with Gasteiger partial charge in [0.05, 0.1) is 0 Å². The largest absolute Gasteiger partial charge is 0.381 e. The minimum absolute atomic E-state index is 0.303. The predicted molar refractivity (Wildman–Crippen MR) is 47.9 cm³/mol. The van der Waals surface area contributed by atoms with Gasteiger partial charge in [0, 0.05) is 33.2 Å². The van der Waals surface area contributed by atoms with E-state index in [0.29, 0.717) is 31.9 Å². The Hall–Kier alpha value is -1.14. The Labute approximate surface area is 80.6 Å². The van der Waals surface area contributed by atoms with Crippen LogP contribution in [0.15, 0.2) is 4.79 Å². The van der Waals surface area contributed by atoms with Crippen LogP contribution in [0.3, 0.4) is 0 Å². The molecule has 78 valence electrons. The Morgan fingerprint density at radius 1 is 1.50 bits per heavy atom. The molecule has 1 aromatic heterocycles. The second-order valence-electron chi connectivity index (χ2n) is 3.34. The third kappa shape index (κ3) is 1.46. The smallest absolute Gasteiger partial charge is 0.340 e. The number of nitrogens with one attached hydrogen (secondary N) is 2. The minimum Gasteiger partial charge on any atom is -0.381 e. The molecule has 0 atom stereocenters. The molecule has 0 unspecified atom stereocenters. The summed E-state index contributed by atoms with van der Waals surface area (Å²) in [6, 6.07) is 0. The molecule has 2 rings (SSSR count). The molecule has 1 aliphatic heterocycles. The van der Waals surface area contributed by atoms with E-state index in [1.807, 2.05) is 0 Å². The lowest BCUT2D eigenvalue weighted by Gasteiger charge is -2.33. The van der Waals surface area contributed by atoms with Gasteiger partial charge in [-0.05, 0) is 0 Å². The monoisotopic (exact) mass is 199 g/mol. The summed E-state index contributed by atoms with van der Waals surface area (Å²) >= 11 is 0. The fourth-order valence-electron chi connectivity index (χ4n) is 1.72. The van der Waals surface area contributed by atoms with Crippen molar-refractivity contribution in [2.45, 2.75) is 18.4 Å². The molecule has 1 aliphatic rings. The van der Waals surface area contributed by atoms with Crippen LogP contribution in [0.4, 0.5) is 0 Å². The minimum atomic E-state index is -0.489. The molecule has 6 heteroatoms. The van der Waals surface area contributed by atoms with E-state index in [0.717, 1.165) is 0 Å². The zero-order chi connectivity index (χ0) is 10.0. The zero-order valence-electron chi connectivity index (χ0n) is 8.00. The average molecular weight is 199 g/mol. The molecule has 1 saturated heterocycles. The van der Waals surface area contributed by atoms with Crippen LogP contribution in [0, 0.1) is 0 Å². The first-order chi connectivity index (χ1) is 6.77. The van der Waals surface area contributed by atoms with E-state index in [9.17, 15) is 4.79 Å². The van der Waals surface area contributed by atoms with Gasteiger partial charge in [-0.2, -0.15) is 5.10 Å². The third-order valence-corrected chi connectivity index (χ3v) is 2.62. The SMILES string of the molecule is COC1(c2n[nH]c(=O)[nH]2)CCOCC1. The number of nitrogens with zero attached hydrogens (tertiary/aromatic N) is 1. The van der Waals surface area contributed by atoms with Crippen molar-refractivity contribution in [3.05, 3.63) is 16.3 Å². The number of methoxy groups -OCH3 is 1. The Morgan fingerprint density at radius 2 is 2.21 bits per heavy atom. The first-order valence-electron chi connectivity index (χ1n) is 4.55. The maximum absolute atomic E-state index is 10.9. The lowest BCUT2D eigenvalue weighted by Crippen LogP contribution is -2.37. The standard InChI is InChI=1S/C8H13N3O3/c1-13-8(2-4-14-5-3-8)6-9-7(12)11-10-6/h2-5H2,1H3,(H2,9,10,11,12). The van der Waals surface area contributed by atoms with Gasteiger partial charge in [0.25, 0.3) is 0 Å². The molecule has 6 nitrogen and oxygen atoms in total. The van der Waals surface area contributed by atoms with Gasteiger partial charge in [-0.1, -0.05) is 0 Å². The molecule has 1 aromatic rings. The predicted octanol–water partition coefficient (Wildman–Crippen LogP) is -0.250. The highest BCUT2D eigenvalue weighted by Gasteiger charge is 2.37. The zero-order valence-corrected chi connectivity index (χ0v) is 8.00. The van der Waals surface area contributed by atoms with Gasteiger partial charge >= 0.3 is 5.69 Å². The van der Waals surface area contributed by atoms with Crippen LogP contribution in [-0.4, -0.2) is 35.5 Å². The van der Waals surface area contributed by atoms with Gasteiger partial charge in [-0.15, -0.1) is 0 Å². The number of rotatable bonds is 2. The lowest BCUT2D eigenvalue weighted by molar-refractivity contribution is -0.0998. The van der Waals surface area contributed by atoms with Crippen molar-refractivity contribution < 1.29 is 9.47 Å². The molecule has 14 heavy (non-hydrogen) atoms. The molecular weight excluding hydrogens is 186 g/mol. The molecule has 0 spiro atoms. The van der Waals surface area contributed by atoms with Crippen LogP contribution < -0.4 is 5.69 Å². The summed E-state index contributed by atoms with van der Waals surface area (Å²) in [5.41, 5.74) is -0.792. The fraction of sp³-hybridized carbons (Fsp3) is 0.750. The fourth-order valence-corrected chi connectivity index (χ4v) is 1.72. The van der Waals surface area contributed by atoms with Crippen molar-refractivity contribution in [2.24, 2.45) is 0 Å². The first-order valence-corrected chi connectivity index (χ1v) is 4.55. The summed E-state index contributed by atoms with van der Waals surface area (Å²) in [7, 11) is 1.62. The van der Waals surface area contributed by atoms with Gasteiger partial charge < -0.3 is 9.47 Å². The quantitative estimate of drug-likeness (QED) is 0.688. The molecule has 2 N–H and O–H groups in total. The topological polar surface area (TPSA) is 80.0 Å². The van der Waals surface area contributed by atoms with Crippen LogP contribution in [0.5, 0.6) is 0 Å². The maximum atomic E-state index is 10.9. The van der Waals surface area contributed by atoms with Gasteiger partial charge in [-0.3, -0.25) is 4.98 Å². The molecule has 0 saturated carbocycles. The van der Waals surface area contributed by atoms with E-state index < -0.39 is 5.60 Å². The Kier molecular flexibility index (Phi) is 2.39. The number of hydrogen-bond acceptors (Lipinski definition) is 4. The van der Waals surface area contributed by atoms with E-state index in [4.69, 9.17) is 9.47 Å². The normalized spacial score (nSPS) is 20.9. The van der Waals surface area contributed by atoms with Crippen LogP contribution in [-0.2, 0) is 15.1 Å². The average Bonchev–Trinajstić information content (AvgIpc) is 2.66. The number of ether oxygens (including phenoxy) is 2. The number of aromatic nitrogens is 3. The number of hydrogen-bond donors (Lipinski definition) is 2. The van der Waals surface area contributed by atoms with Gasteiger partial charge in [0.15, 0.2) is 5.82 Å².